The Morgan fingerprint density at radius 1 is 0.946 bits per heavy atom. The van der Waals surface area contributed by atoms with Crippen molar-refractivity contribution in [2.75, 3.05) is 18.0 Å². The number of nitrogens with zero attached hydrogens (tertiary/aromatic N) is 5. The molecule has 2 atom stereocenters. The lowest BCUT2D eigenvalue weighted by molar-refractivity contribution is 0.129. The second-order valence-corrected chi connectivity index (χ2v) is 9.66. The summed E-state index contributed by atoms with van der Waals surface area (Å²) in [5, 5.41) is 9.41. The van der Waals surface area contributed by atoms with Crippen LogP contribution in [0.2, 0.25) is 0 Å². The van der Waals surface area contributed by atoms with Crippen LogP contribution in [-0.2, 0) is 7.05 Å². The van der Waals surface area contributed by atoms with Crippen LogP contribution in [0.1, 0.15) is 36.7 Å². The third-order valence-corrected chi connectivity index (χ3v) is 7.19. The number of hydrogen-bond acceptors (Lipinski definition) is 5. The summed E-state index contributed by atoms with van der Waals surface area (Å²) in [5.41, 5.74) is 3.55. The van der Waals surface area contributed by atoms with E-state index in [0.29, 0.717) is 29.8 Å². The molecule has 0 amide bonds. The SMILES string of the molecule is CC1CN(c2cc(=O)n(C)c3ccc(C#N)nc23)[C@@H](C)CN1C(c1cccc(F)c1)c1cccc(F)c1. The van der Waals surface area contributed by atoms with Crippen molar-refractivity contribution in [2.24, 2.45) is 7.05 Å². The Hall–Kier alpha value is -4.09. The minimum absolute atomic E-state index is 0.0361. The van der Waals surface area contributed by atoms with Crippen molar-refractivity contribution in [1.82, 2.24) is 14.5 Å². The maximum Gasteiger partial charge on any atom is 0.252 e. The molecule has 0 radical (unpaired) electrons. The molecule has 8 heteroatoms. The van der Waals surface area contributed by atoms with Gasteiger partial charge in [-0.15, -0.1) is 0 Å². The number of halogens is 2. The summed E-state index contributed by atoms with van der Waals surface area (Å²) >= 11 is 0. The lowest BCUT2D eigenvalue weighted by Gasteiger charge is -2.48. The second kappa shape index (κ2) is 9.75. The molecular weight excluding hydrogens is 472 g/mol. The van der Waals surface area contributed by atoms with Gasteiger partial charge in [-0.2, -0.15) is 5.26 Å². The van der Waals surface area contributed by atoms with Crippen LogP contribution in [0, 0.1) is 23.0 Å². The van der Waals surface area contributed by atoms with E-state index >= 15 is 0 Å². The molecule has 37 heavy (non-hydrogen) atoms. The number of anilines is 1. The number of pyridine rings is 2. The number of hydrogen-bond donors (Lipinski definition) is 0. The first-order chi connectivity index (χ1) is 17.8. The fraction of sp³-hybridized carbons (Fsp3) is 0.276. The van der Waals surface area contributed by atoms with E-state index in [0.717, 1.165) is 11.1 Å². The molecule has 0 bridgehead atoms. The molecule has 0 N–H and O–H groups in total. The molecule has 188 valence electrons. The van der Waals surface area contributed by atoms with Gasteiger partial charge in [0.05, 0.1) is 17.2 Å². The molecular formula is C29H27F2N5O. The Bertz CT molecular complexity index is 1530. The van der Waals surface area contributed by atoms with Gasteiger partial charge in [0.25, 0.3) is 5.56 Å². The minimum Gasteiger partial charge on any atom is -0.364 e. The van der Waals surface area contributed by atoms with Crippen LogP contribution in [0.5, 0.6) is 0 Å². The Kier molecular flexibility index (Phi) is 6.48. The van der Waals surface area contributed by atoms with E-state index in [4.69, 9.17) is 0 Å². The summed E-state index contributed by atoms with van der Waals surface area (Å²) in [6, 6.07) is 19.5. The zero-order valence-electron chi connectivity index (χ0n) is 20.9. The molecule has 0 aliphatic carbocycles. The van der Waals surface area contributed by atoms with Crippen molar-refractivity contribution < 1.29 is 8.78 Å². The smallest absolute Gasteiger partial charge is 0.252 e. The Balaban J connectivity index is 1.57. The summed E-state index contributed by atoms with van der Waals surface area (Å²) < 4.78 is 30.1. The van der Waals surface area contributed by atoms with Crippen molar-refractivity contribution in [3.8, 4) is 6.07 Å². The van der Waals surface area contributed by atoms with Gasteiger partial charge in [0.1, 0.15) is 28.9 Å². The third-order valence-electron chi connectivity index (χ3n) is 7.19. The fourth-order valence-corrected chi connectivity index (χ4v) is 5.37. The van der Waals surface area contributed by atoms with Gasteiger partial charge < -0.3 is 9.47 Å². The molecule has 1 saturated heterocycles. The van der Waals surface area contributed by atoms with Crippen LogP contribution in [0.15, 0.2) is 71.5 Å². The minimum atomic E-state index is -0.352. The summed E-state index contributed by atoms with van der Waals surface area (Å²) in [4.78, 5) is 21.7. The van der Waals surface area contributed by atoms with E-state index in [9.17, 15) is 18.8 Å². The number of nitriles is 1. The molecule has 2 aromatic carbocycles. The summed E-state index contributed by atoms with van der Waals surface area (Å²) in [6.07, 6.45) is 0. The first-order valence-electron chi connectivity index (χ1n) is 12.2. The van der Waals surface area contributed by atoms with E-state index in [1.807, 2.05) is 12.1 Å². The number of aromatic nitrogens is 2. The highest BCUT2D eigenvalue weighted by Gasteiger charge is 2.36. The van der Waals surface area contributed by atoms with Crippen LogP contribution in [0.25, 0.3) is 11.0 Å². The molecule has 1 aliphatic rings. The fourth-order valence-electron chi connectivity index (χ4n) is 5.37. The molecule has 5 rings (SSSR count). The Morgan fingerprint density at radius 3 is 2.19 bits per heavy atom. The average molecular weight is 500 g/mol. The molecule has 1 aliphatic heterocycles. The first kappa shape index (κ1) is 24.6. The van der Waals surface area contributed by atoms with Crippen molar-refractivity contribution in [3.05, 3.63) is 106 Å². The van der Waals surface area contributed by atoms with Crippen molar-refractivity contribution in [1.29, 1.82) is 5.26 Å². The monoisotopic (exact) mass is 499 g/mol. The molecule has 6 nitrogen and oxygen atoms in total. The van der Waals surface area contributed by atoms with Gasteiger partial charge in [-0.1, -0.05) is 24.3 Å². The average Bonchev–Trinajstić information content (AvgIpc) is 2.88. The molecule has 0 saturated carbocycles. The second-order valence-electron chi connectivity index (χ2n) is 9.66. The predicted molar refractivity (Wildman–Crippen MR) is 139 cm³/mol. The summed E-state index contributed by atoms with van der Waals surface area (Å²) in [5.74, 6) is -0.687. The molecule has 0 spiro atoms. The number of benzene rings is 2. The van der Waals surface area contributed by atoms with E-state index < -0.39 is 0 Å². The van der Waals surface area contributed by atoms with Crippen LogP contribution >= 0.6 is 0 Å². The van der Waals surface area contributed by atoms with Gasteiger partial charge in [0.2, 0.25) is 0 Å². The van der Waals surface area contributed by atoms with Gasteiger partial charge in [-0.3, -0.25) is 9.69 Å². The van der Waals surface area contributed by atoms with Crippen LogP contribution in [0.3, 0.4) is 0 Å². The maximum absolute atomic E-state index is 14.3. The largest absolute Gasteiger partial charge is 0.364 e. The van der Waals surface area contributed by atoms with Gasteiger partial charge in [0.15, 0.2) is 0 Å². The highest BCUT2D eigenvalue weighted by Crippen LogP contribution is 2.36. The van der Waals surface area contributed by atoms with E-state index in [1.165, 1.54) is 28.8 Å². The number of aryl methyl sites for hydroxylation is 1. The van der Waals surface area contributed by atoms with Crippen LogP contribution in [0.4, 0.5) is 14.5 Å². The molecule has 3 heterocycles. The lowest BCUT2D eigenvalue weighted by Crippen LogP contribution is -2.57. The zero-order chi connectivity index (χ0) is 26.3. The number of fused-ring (bicyclic) bond motifs is 1. The maximum atomic E-state index is 14.3. The summed E-state index contributed by atoms with van der Waals surface area (Å²) in [7, 11) is 1.69. The third kappa shape index (κ3) is 4.58. The normalized spacial score (nSPS) is 18.4. The molecule has 1 unspecified atom stereocenters. The quantitative estimate of drug-likeness (QED) is 0.405. The van der Waals surface area contributed by atoms with Gasteiger partial charge in [-0.05, 0) is 61.4 Å². The van der Waals surface area contributed by atoms with Crippen LogP contribution in [-0.4, -0.2) is 39.6 Å². The number of piperazine rings is 1. The summed E-state index contributed by atoms with van der Waals surface area (Å²) in [6.45, 7) is 5.27. The molecule has 4 aromatic rings. The van der Waals surface area contributed by atoms with Crippen molar-refractivity contribution in [3.63, 3.8) is 0 Å². The highest BCUT2D eigenvalue weighted by molar-refractivity contribution is 5.89. The lowest BCUT2D eigenvalue weighted by atomic mass is 9.93. The zero-order valence-corrected chi connectivity index (χ0v) is 20.9. The molecule has 2 aromatic heterocycles. The van der Waals surface area contributed by atoms with Gasteiger partial charge >= 0.3 is 0 Å². The standard InChI is InChI=1S/C29H27F2N5O/c1-18-17-36(29(20-6-4-8-22(30)12-20)21-7-5-9-23(31)13-21)19(2)16-35(18)26-14-27(37)34(3)25-11-10-24(15-32)33-28(25)26/h4-14,18-19,29H,16-17H2,1-3H3/t18-,19?/m0/s1. The molecule has 1 fully saturated rings. The first-order valence-corrected chi connectivity index (χ1v) is 12.2. The van der Waals surface area contributed by atoms with Crippen molar-refractivity contribution >= 4 is 16.7 Å². The van der Waals surface area contributed by atoms with E-state index in [2.05, 4.69) is 34.7 Å². The van der Waals surface area contributed by atoms with Crippen molar-refractivity contribution in [2.45, 2.75) is 32.0 Å². The topological polar surface area (TPSA) is 65.2 Å². The van der Waals surface area contributed by atoms with Crippen LogP contribution < -0.4 is 10.5 Å². The Labute approximate surface area is 214 Å². The van der Waals surface area contributed by atoms with Gasteiger partial charge in [-0.25, -0.2) is 13.8 Å². The number of rotatable bonds is 4. The highest BCUT2D eigenvalue weighted by atomic mass is 19.1. The van der Waals surface area contributed by atoms with E-state index in [1.54, 1.807) is 37.4 Å². The predicted octanol–water partition coefficient (Wildman–Crippen LogP) is 4.77. The Morgan fingerprint density at radius 2 is 1.59 bits per heavy atom. The van der Waals surface area contributed by atoms with E-state index in [-0.39, 0.29) is 41.0 Å². The van der Waals surface area contributed by atoms with Gasteiger partial charge in [0, 0.05) is 38.3 Å².